The summed E-state index contributed by atoms with van der Waals surface area (Å²) in [6, 6.07) is 10.6. The average molecular weight is 544 g/mol. The number of rotatable bonds is 7. The van der Waals surface area contributed by atoms with Crippen molar-refractivity contribution in [2.75, 3.05) is 0 Å². The Morgan fingerprint density at radius 3 is 2.55 bits per heavy atom. The Morgan fingerprint density at radius 1 is 1.05 bits per heavy atom. The van der Waals surface area contributed by atoms with Gasteiger partial charge in [-0.05, 0) is 56.2 Å². The molecule has 0 aliphatic heterocycles. The zero-order chi connectivity index (χ0) is 28.0. The summed E-state index contributed by atoms with van der Waals surface area (Å²) in [5.74, 6) is -1.24. The fraction of sp³-hybridized carbons (Fsp3) is 0.214. The summed E-state index contributed by atoms with van der Waals surface area (Å²) in [5, 5.41) is 10.0. The largest absolute Gasteiger partial charge is 0.350 e. The van der Waals surface area contributed by atoms with E-state index >= 15 is 4.39 Å². The fourth-order valence-electron chi connectivity index (χ4n) is 4.52. The number of fused-ring (bicyclic) bond motifs is 1. The van der Waals surface area contributed by atoms with Crippen molar-refractivity contribution in [2.45, 2.75) is 38.8 Å². The molecule has 2 N–H and O–H groups in total. The van der Waals surface area contributed by atoms with Gasteiger partial charge in [-0.2, -0.15) is 4.98 Å². The van der Waals surface area contributed by atoms with Crippen LogP contribution in [0.25, 0.3) is 28.1 Å². The number of hydrogen-bond donors (Lipinski definition) is 2. The van der Waals surface area contributed by atoms with Crippen LogP contribution >= 0.6 is 0 Å². The van der Waals surface area contributed by atoms with Gasteiger partial charge in [0.25, 0.3) is 5.91 Å². The van der Waals surface area contributed by atoms with Gasteiger partial charge in [0.2, 0.25) is 17.6 Å². The smallest absolute Gasteiger partial charge is 0.272 e. The lowest BCUT2D eigenvalue weighted by Crippen LogP contribution is -2.49. The minimum absolute atomic E-state index is 0.0819. The van der Waals surface area contributed by atoms with Crippen molar-refractivity contribution < 1.29 is 22.9 Å². The molecule has 0 radical (unpaired) electrons. The monoisotopic (exact) mass is 543 g/mol. The van der Waals surface area contributed by atoms with Crippen LogP contribution in [0.3, 0.4) is 0 Å². The van der Waals surface area contributed by atoms with Crippen molar-refractivity contribution in [2.24, 2.45) is 0 Å². The summed E-state index contributed by atoms with van der Waals surface area (Å²) in [7, 11) is 0. The van der Waals surface area contributed by atoms with E-state index in [9.17, 15) is 14.0 Å². The molecule has 2 aromatic carbocycles. The Labute approximate surface area is 226 Å². The van der Waals surface area contributed by atoms with Crippen molar-refractivity contribution >= 4 is 22.7 Å². The van der Waals surface area contributed by atoms with E-state index in [4.69, 9.17) is 4.52 Å². The first kappa shape index (κ1) is 25.3. The first-order valence-corrected chi connectivity index (χ1v) is 12.5. The number of amides is 2. The summed E-state index contributed by atoms with van der Waals surface area (Å²) in [6.07, 6.45) is 3.75. The highest BCUT2D eigenvalue weighted by Gasteiger charge is 2.51. The van der Waals surface area contributed by atoms with Crippen molar-refractivity contribution in [3.05, 3.63) is 89.3 Å². The van der Waals surface area contributed by atoms with Gasteiger partial charge in [-0.1, -0.05) is 11.2 Å². The topological polar surface area (TPSA) is 128 Å². The Hall–Kier alpha value is -5.00. The van der Waals surface area contributed by atoms with E-state index in [-0.39, 0.29) is 23.6 Å². The van der Waals surface area contributed by atoms with Gasteiger partial charge in [0.05, 0.1) is 23.1 Å². The van der Waals surface area contributed by atoms with Crippen LogP contribution in [0.2, 0.25) is 0 Å². The third-order valence-electron chi connectivity index (χ3n) is 6.81. The van der Waals surface area contributed by atoms with E-state index in [0.29, 0.717) is 46.7 Å². The molecule has 1 fully saturated rings. The van der Waals surface area contributed by atoms with E-state index in [2.05, 4.69) is 30.7 Å². The molecule has 0 saturated heterocycles. The van der Waals surface area contributed by atoms with Crippen LogP contribution in [-0.2, 0) is 11.3 Å². The molecule has 202 valence electrons. The van der Waals surface area contributed by atoms with Gasteiger partial charge in [0.15, 0.2) is 0 Å². The second-order valence-electron chi connectivity index (χ2n) is 9.74. The maximum Gasteiger partial charge on any atom is 0.272 e. The van der Waals surface area contributed by atoms with Crippen LogP contribution < -0.4 is 10.6 Å². The standard InChI is InChI=1S/C28H23F2N7O3/c1-15-12-32-22(14-31-15)26(38)35-28(7-8-28)27(39)33-13-17-3-5-20(11-21(17)30)37-23-6-4-19(29)9-18(23)10-24(37)25-34-16(2)40-36-25/h3-6,9-12,14H,7-8,13H2,1-2H3,(H,33,39)(H,35,38). The number of carbonyl (C=O) groups is 2. The number of benzene rings is 2. The molecule has 0 unspecified atom stereocenters. The lowest BCUT2D eigenvalue weighted by Gasteiger charge is -2.17. The van der Waals surface area contributed by atoms with Crippen LogP contribution in [0, 0.1) is 25.5 Å². The van der Waals surface area contributed by atoms with Gasteiger partial charge in [-0.15, -0.1) is 0 Å². The molecule has 2 amide bonds. The molecule has 1 aliphatic carbocycles. The maximum absolute atomic E-state index is 15.3. The highest BCUT2D eigenvalue weighted by atomic mass is 19.1. The van der Waals surface area contributed by atoms with Crippen LogP contribution in [0.5, 0.6) is 0 Å². The SMILES string of the molecule is Cc1cnc(C(=O)NC2(C(=O)NCc3ccc(-n4c(-c5noc(C)n5)cc5cc(F)ccc54)cc3F)CC2)cn1. The molecule has 3 heterocycles. The van der Waals surface area contributed by atoms with Gasteiger partial charge in [-0.3, -0.25) is 14.6 Å². The minimum Gasteiger partial charge on any atom is -0.350 e. The molecule has 40 heavy (non-hydrogen) atoms. The third-order valence-corrected chi connectivity index (χ3v) is 6.81. The second-order valence-corrected chi connectivity index (χ2v) is 9.74. The number of halogens is 2. The predicted octanol–water partition coefficient (Wildman–Crippen LogP) is 3.94. The fourth-order valence-corrected chi connectivity index (χ4v) is 4.52. The third kappa shape index (κ3) is 4.68. The summed E-state index contributed by atoms with van der Waals surface area (Å²) in [5.41, 5.74) is 1.56. The average Bonchev–Trinajstić information content (AvgIpc) is 3.42. The van der Waals surface area contributed by atoms with E-state index in [0.717, 1.165) is 0 Å². The molecule has 12 heteroatoms. The molecular formula is C28H23F2N7O3. The molecule has 1 saturated carbocycles. The first-order valence-electron chi connectivity index (χ1n) is 12.5. The van der Waals surface area contributed by atoms with Crippen LogP contribution in [0.4, 0.5) is 8.78 Å². The van der Waals surface area contributed by atoms with Gasteiger partial charge in [-0.25, -0.2) is 13.8 Å². The maximum atomic E-state index is 15.3. The van der Waals surface area contributed by atoms with Gasteiger partial charge < -0.3 is 19.7 Å². The Bertz CT molecular complexity index is 1770. The van der Waals surface area contributed by atoms with Crippen molar-refractivity contribution in [3.8, 4) is 17.2 Å². The highest BCUT2D eigenvalue weighted by molar-refractivity contribution is 5.99. The molecule has 10 nitrogen and oxygen atoms in total. The van der Waals surface area contributed by atoms with Crippen LogP contribution in [0.15, 0.2) is 59.4 Å². The highest BCUT2D eigenvalue weighted by Crippen LogP contribution is 2.36. The summed E-state index contributed by atoms with van der Waals surface area (Å²) in [4.78, 5) is 37.8. The van der Waals surface area contributed by atoms with E-state index in [1.165, 1.54) is 30.6 Å². The number of nitrogens with one attached hydrogen (secondary N) is 2. The number of hydrogen-bond acceptors (Lipinski definition) is 7. The zero-order valence-electron chi connectivity index (χ0n) is 21.5. The van der Waals surface area contributed by atoms with E-state index in [1.807, 2.05) is 0 Å². The van der Waals surface area contributed by atoms with Gasteiger partial charge in [0, 0.05) is 36.3 Å². The van der Waals surface area contributed by atoms with Crippen LogP contribution in [0.1, 0.15) is 40.5 Å². The van der Waals surface area contributed by atoms with Gasteiger partial charge >= 0.3 is 0 Å². The van der Waals surface area contributed by atoms with Crippen molar-refractivity contribution in [3.63, 3.8) is 0 Å². The normalized spacial score (nSPS) is 13.8. The van der Waals surface area contributed by atoms with Crippen molar-refractivity contribution in [1.29, 1.82) is 0 Å². The van der Waals surface area contributed by atoms with E-state index in [1.54, 1.807) is 42.7 Å². The molecule has 0 bridgehead atoms. The molecule has 0 spiro atoms. The first-order chi connectivity index (χ1) is 19.2. The molecular weight excluding hydrogens is 520 g/mol. The van der Waals surface area contributed by atoms with E-state index < -0.39 is 29.0 Å². The minimum atomic E-state index is -1.06. The quantitative estimate of drug-likeness (QED) is 0.318. The Balaban J connectivity index is 1.21. The lowest BCUT2D eigenvalue weighted by molar-refractivity contribution is -0.124. The number of aryl methyl sites for hydroxylation is 2. The second kappa shape index (κ2) is 9.63. The number of carbonyl (C=O) groups excluding carboxylic acids is 2. The molecule has 1 aliphatic rings. The number of nitrogens with zero attached hydrogens (tertiary/aromatic N) is 5. The zero-order valence-corrected chi connectivity index (χ0v) is 21.5. The summed E-state index contributed by atoms with van der Waals surface area (Å²) < 4.78 is 36.1. The Kier molecular flexibility index (Phi) is 6.09. The van der Waals surface area contributed by atoms with Crippen molar-refractivity contribution in [1.82, 2.24) is 35.3 Å². The summed E-state index contributed by atoms with van der Waals surface area (Å²) in [6.45, 7) is 3.33. The molecule has 0 atom stereocenters. The predicted molar refractivity (Wildman–Crippen MR) is 139 cm³/mol. The number of aromatic nitrogens is 5. The van der Waals surface area contributed by atoms with Gasteiger partial charge in [0.1, 0.15) is 22.9 Å². The summed E-state index contributed by atoms with van der Waals surface area (Å²) >= 11 is 0. The lowest BCUT2D eigenvalue weighted by atomic mass is 10.1. The van der Waals surface area contributed by atoms with Crippen LogP contribution in [-0.4, -0.2) is 42.0 Å². The Morgan fingerprint density at radius 2 is 1.88 bits per heavy atom. The molecule has 5 aromatic rings. The molecule has 6 rings (SSSR count). The molecule has 3 aromatic heterocycles.